The molecular formula is C15H23ClN2O3. The molecule has 1 unspecified atom stereocenters. The van der Waals surface area contributed by atoms with Crippen LogP contribution in [-0.2, 0) is 11.3 Å². The number of benzene rings is 1. The largest absolute Gasteiger partial charge is 0.493 e. The van der Waals surface area contributed by atoms with E-state index in [0.717, 1.165) is 5.56 Å². The van der Waals surface area contributed by atoms with Gasteiger partial charge in [-0.05, 0) is 17.7 Å². The average Bonchev–Trinajstić information content (AvgIpc) is 2.42. The minimum atomic E-state index is -0.414. The summed E-state index contributed by atoms with van der Waals surface area (Å²) in [6.07, 6.45) is 0. The first-order valence-electron chi connectivity index (χ1n) is 6.87. The lowest BCUT2D eigenvalue weighted by Gasteiger charge is -2.16. The summed E-state index contributed by atoms with van der Waals surface area (Å²) in [6, 6.07) is 4.07. The summed E-state index contributed by atoms with van der Waals surface area (Å²) in [5.74, 6) is 0.163. The second-order valence-corrected chi connectivity index (χ2v) is 5.67. The summed E-state index contributed by atoms with van der Waals surface area (Å²) >= 11 is 6.24. The molecule has 21 heavy (non-hydrogen) atoms. The van der Waals surface area contributed by atoms with Crippen molar-refractivity contribution in [2.45, 2.75) is 33.4 Å². The molecule has 0 saturated carbocycles. The third kappa shape index (κ3) is 5.44. The average molecular weight is 315 g/mol. The summed E-state index contributed by atoms with van der Waals surface area (Å²) in [7, 11) is 1.55. The van der Waals surface area contributed by atoms with Crippen molar-refractivity contribution in [3.8, 4) is 11.5 Å². The summed E-state index contributed by atoms with van der Waals surface area (Å²) in [5.41, 5.74) is 6.21. The van der Waals surface area contributed by atoms with E-state index in [-0.39, 0.29) is 6.61 Å². The molecule has 0 bridgehead atoms. The van der Waals surface area contributed by atoms with Crippen LogP contribution in [0.25, 0.3) is 0 Å². The molecule has 0 aliphatic heterocycles. The standard InChI is InChI=1S/C15H23ClN2O3/c1-9(2)18-7-11-5-12(16)14(13(6-11)20-4)21-8-10(3)15(17)19/h5-6,9-10,18H,7-8H2,1-4H3,(H2,17,19). The molecule has 0 saturated heterocycles. The minimum absolute atomic E-state index is 0.162. The minimum Gasteiger partial charge on any atom is -0.493 e. The van der Waals surface area contributed by atoms with E-state index < -0.39 is 11.8 Å². The van der Waals surface area contributed by atoms with E-state index in [9.17, 15) is 4.79 Å². The number of hydrogen-bond acceptors (Lipinski definition) is 4. The summed E-state index contributed by atoms with van der Waals surface area (Å²) < 4.78 is 10.9. The number of primary amides is 1. The van der Waals surface area contributed by atoms with E-state index >= 15 is 0 Å². The van der Waals surface area contributed by atoms with Crippen molar-refractivity contribution < 1.29 is 14.3 Å². The summed E-state index contributed by atoms with van der Waals surface area (Å²) in [4.78, 5) is 11.0. The van der Waals surface area contributed by atoms with Crippen LogP contribution in [0.2, 0.25) is 5.02 Å². The highest BCUT2D eigenvalue weighted by Gasteiger charge is 2.15. The SMILES string of the molecule is COc1cc(CNC(C)C)cc(Cl)c1OCC(C)C(N)=O. The molecule has 0 radical (unpaired) electrons. The van der Waals surface area contributed by atoms with E-state index in [1.807, 2.05) is 12.1 Å². The second kappa shape index (κ2) is 8.10. The Hall–Kier alpha value is -1.46. The number of hydrogen-bond donors (Lipinski definition) is 2. The molecular weight excluding hydrogens is 292 g/mol. The van der Waals surface area contributed by atoms with Crippen LogP contribution in [0.3, 0.4) is 0 Å². The molecule has 0 aromatic heterocycles. The highest BCUT2D eigenvalue weighted by Crippen LogP contribution is 2.36. The molecule has 1 aromatic rings. The van der Waals surface area contributed by atoms with E-state index in [0.29, 0.717) is 29.1 Å². The van der Waals surface area contributed by atoms with E-state index in [1.165, 1.54) is 0 Å². The number of halogens is 1. The van der Waals surface area contributed by atoms with Crippen molar-refractivity contribution in [1.29, 1.82) is 0 Å². The van der Waals surface area contributed by atoms with E-state index in [4.69, 9.17) is 26.8 Å². The van der Waals surface area contributed by atoms with Gasteiger partial charge in [0.25, 0.3) is 0 Å². The fraction of sp³-hybridized carbons (Fsp3) is 0.533. The van der Waals surface area contributed by atoms with Crippen molar-refractivity contribution in [2.75, 3.05) is 13.7 Å². The zero-order valence-corrected chi connectivity index (χ0v) is 13.7. The Morgan fingerprint density at radius 1 is 1.38 bits per heavy atom. The molecule has 0 aliphatic carbocycles. The number of amides is 1. The number of nitrogens with one attached hydrogen (secondary N) is 1. The molecule has 1 aromatic carbocycles. The first-order valence-corrected chi connectivity index (χ1v) is 7.24. The van der Waals surface area contributed by atoms with Crippen LogP contribution in [0.15, 0.2) is 12.1 Å². The van der Waals surface area contributed by atoms with Crippen molar-refractivity contribution in [3.05, 3.63) is 22.7 Å². The van der Waals surface area contributed by atoms with Gasteiger partial charge in [-0.25, -0.2) is 0 Å². The Balaban J connectivity index is 2.86. The van der Waals surface area contributed by atoms with Crippen LogP contribution in [-0.4, -0.2) is 25.7 Å². The second-order valence-electron chi connectivity index (χ2n) is 5.26. The van der Waals surface area contributed by atoms with Crippen molar-refractivity contribution in [1.82, 2.24) is 5.32 Å². The van der Waals surface area contributed by atoms with Gasteiger partial charge in [0.1, 0.15) is 0 Å². The van der Waals surface area contributed by atoms with Gasteiger partial charge < -0.3 is 20.5 Å². The Morgan fingerprint density at radius 2 is 2.05 bits per heavy atom. The number of rotatable bonds is 8. The first-order chi connectivity index (χ1) is 9.85. The third-order valence-electron chi connectivity index (χ3n) is 2.97. The van der Waals surface area contributed by atoms with Crippen LogP contribution in [0.5, 0.6) is 11.5 Å². The predicted octanol–water partition coefficient (Wildman–Crippen LogP) is 2.35. The topological polar surface area (TPSA) is 73.6 Å². The molecule has 0 spiro atoms. The lowest BCUT2D eigenvalue weighted by Crippen LogP contribution is -2.26. The lowest BCUT2D eigenvalue weighted by atomic mass is 10.1. The fourth-order valence-electron chi connectivity index (χ4n) is 1.63. The molecule has 0 aliphatic rings. The molecule has 0 heterocycles. The highest BCUT2D eigenvalue weighted by molar-refractivity contribution is 6.32. The van der Waals surface area contributed by atoms with Gasteiger partial charge in [0, 0.05) is 12.6 Å². The normalized spacial score (nSPS) is 12.3. The maximum atomic E-state index is 11.0. The maximum absolute atomic E-state index is 11.0. The Kier molecular flexibility index (Phi) is 6.78. The van der Waals surface area contributed by atoms with Crippen LogP contribution in [0.1, 0.15) is 26.3 Å². The molecule has 118 valence electrons. The predicted molar refractivity (Wildman–Crippen MR) is 83.8 cm³/mol. The Bertz CT molecular complexity index is 492. The number of nitrogens with two attached hydrogens (primary N) is 1. The molecule has 1 amide bonds. The number of methoxy groups -OCH3 is 1. The van der Waals surface area contributed by atoms with Gasteiger partial charge in [-0.1, -0.05) is 32.4 Å². The van der Waals surface area contributed by atoms with Crippen LogP contribution >= 0.6 is 11.6 Å². The quantitative estimate of drug-likeness (QED) is 0.772. The zero-order chi connectivity index (χ0) is 16.0. The molecule has 6 heteroatoms. The van der Waals surface area contributed by atoms with Crippen molar-refractivity contribution in [3.63, 3.8) is 0 Å². The summed E-state index contributed by atoms with van der Waals surface area (Å²) in [5, 5.41) is 3.76. The highest BCUT2D eigenvalue weighted by atomic mass is 35.5. The number of ether oxygens (including phenoxy) is 2. The molecule has 0 fully saturated rings. The molecule has 1 atom stereocenters. The zero-order valence-electron chi connectivity index (χ0n) is 12.9. The lowest BCUT2D eigenvalue weighted by molar-refractivity contribution is -0.122. The fourth-order valence-corrected chi connectivity index (χ4v) is 1.92. The van der Waals surface area contributed by atoms with E-state index in [2.05, 4.69) is 19.2 Å². The smallest absolute Gasteiger partial charge is 0.223 e. The summed E-state index contributed by atoms with van der Waals surface area (Å²) in [6.45, 7) is 6.69. The van der Waals surface area contributed by atoms with E-state index in [1.54, 1.807) is 14.0 Å². The van der Waals surface area contributed by atoms with Gasteiger partial charge in [0.05, 0.1) is 24.7 Å². The van der Waals surface area contributed by atoms with Gasteiger partial charge in [0.15, 0.2) is 11.5 Å². The van der Waals surface area contributed by atoms with Gasteiger partial charge in [-0.3, -0.25) is 4.79 Å². The van der Waals surface area contributed by atoms with Crippen molar-refractivity contribution >= 4 is 17.5 Å². The van der Waals surface area contributed by atoms with Crippen LogP contribution < -0.4 is 20.5 Å². The number of carbonyl (C=O) groups excluding carboxylic acids is 1. The van der Waals surface area contributed by atoms with Gasteiger partial charge in [0.2, 0.25) is 5.91 Å². The van der Waals surface area contributed by atoms with Crippen molar-refractivity contribution in [2.24, 2.45) is 11.7 Å². The van der Waals surface area contributed by atoms with Gasteiger partial charge in [-0.2, -0.15) is 0 Å². The maximum Gasteiger partial charge on any atom is 0.223 e. The molecule has 5 nitrogen and oxygen atoms in total. The van der Waals surface area contributed by atoms with Crippen LogP contribution in [0.4, 0.5) is 0 Å². The Labute approximate surface area is 130 Å². The monoisotopic (exact) mass is 314 g/mol. The van der Waals surface area contributed by atoms with Gasteiger partial charge >= 0.3 is 0 Å². The third-order valence-corrected chi connectivity index (χ3v) is 3.25. The molecule has 3 N–H and O–H groups in total. The molecule has 1 rings (SSSR count). The van der Waals surface area contributed by atoms with Gasteiger partial charge in [-0.15, -0.1) is 0 Å². The van der Waals surface area contributed by atoms with Crippen LogP contribution in [0, 0.1) is 5.92 Å². The first kappa shape index (κ1) is 17.6. The Morgan fingerprint density at radius 3 is 2.57 bits per heavy atom. The number of carbonyl (C=O) groups is 1.